The van der Waals surface area contributed by atoms with Gasteiger partial charge in [0.25, 0.3) is 10.0 Å². The number of anilines is 1. The van der Waals surface area contributed by atoms with Crippen LogP contribution in [0.25, 0.3) is 0 Å². The Kier molecular flexibility index (Phi) is 4.92. The number of benzene rings is 2. The SMILES string of the molecule is CCCCN(c1ccc(O)cc1)S(=O)(=O)c1ccc(O)cc1. The van der Waals surface area contributed by atoms with Gasteiger partial charge in [0.05, 0.1) is 10.6 Å². The summed E-state index contributed by atoms with van der Waals surface area (Å²) in [7, 11) is -3.72. The Morgan fingerprint density at radius 3 is 1.91 bits per heavy atom. The van der Waals surface area contributed by atoms with Crippen LogP contribution in [-0.2, 0) is 10.0 Å². The zero-order valence-corrected chi connectivity index (χ0v) is 13.1. The van der Waals surface area contributed by atoms with Crippen molar-refractivity contribution in [2.75, 3.05) is 10.8 Å². The van der Waals surface area contributed by atoms with E-state index in [9.17, 15) is 18.6 Å². The molecule has 0 saturated heterocycles. The normalized spacial score (nSPS) is 11.3. The van der Waals surface area contributed by atoms with Crippen molar-refractivity contribution >= 4 is 15.7 Å². The maximum Gasteiger partial charge on any atom is 0.264 e. The Bertz CT molecular complexity index is 709. The van der Waals surface area contributed by atoms with Crippen molar-refractivity contribution in [3.63, 3.8) is 0 Å². The van der Waals surface area contributed by atoms with E-state index in [2.05, 4.69) is 0 Å². The van der Waals surface area contributed by atoms with Crippen LogP contribution in [0.1, 0.15) is 19.8 Å². The summed E-state index contributed by atoms with van der Waals surface area (Å²) in [4.78, 5) is 0.120. The molecule has 0 aromatic heterocycles. The van der Waals surface area contributed by atoms with Gasteiger partial charge in [-0.05, 0) is 55.0 Å². The van der Waals surface area contributed by atoms with Crippen LogP contribution in [0.15, 0.2) is 53.4 Å². The summed E-state index contributed by atoms with van der Waals surface area (Å²) in [6, 6.07) is 11.5. The van der Waals surface area contributed by atoms with Crippen LogP contribution in [0.3, 0.4) is 0 Å². The molecule has 2 N–H and O–H groups in total. The van der Waals surface area contributed by atoms with Gasteiger partial charge in [-0.15, -0.1) is 0 Å². The Morgan fingerprint density at radius 2 is 1.41 bits per heavy atom. The molecule has 2 rings (SSSR count). The van der Waals surface area contributed by atoms with Crippen molar-refractivity contribution in [3.8, 4) is 11.5 Å². The first-order chi connectivity index (χ1) is 10.4. The van der Waals surface area contributed by atoms with Gasteiger partial charge in [0.2, 0.25) is 0 Å². The van der Waals surface area contributed by atoms with E-state index in [-0.39, 0.29) is 16.4 Å². The van der Waals surface area contributed by atoms with Crippen LogP contribution in [-0.4, -0.2) is 25.2 Å². The minimum atomic E-state index is -3.72. The molecule has 0 bridgehead atoms. The number of rotatable bonds is 6. The lowest BCUT2D eigenvalue weighted by Crippen LogP contribution is -2.31. The third-order valence-electron chi connectivity index (χ3n) is 3.28. The van der Waals surface area contributed by atoms with E-state index in [0.717, 1.165) is 12.8 Å². The smallest absolute Gasteiger partial charge is 0.264 e. The van der Waals surface area contributed by atoms with Gasteiger partial charge < -0.3 is 10.2 Å². The van der Waals surface area contributed by atoms with Gasteiger partial charge >= 0.3 is 0 Å². The van der Waals surface area contributed by atoms with E-state index >= 15 is 0 Å². The van der Waals surface area contributed by atoms with Gasteiger partial charge in [-0.2, -0.15) is 0 Å². The highest BCUT2D eigenvalue weighted by Crippen LogP contribution is 2.26. The molecule has 0 aliphatic rings. The molecule has 0 aliphatic heterocycles. The lowest BCUT2D eigenvalue weighted by atomic mass is 10.3. The molecule has 22 heavy (non-hydrogen) atoms. The lowest BCUT2D eigenvalue weighted by Gasteiger charge is -2.24. The number of phenolic OH excluding ortho intramolecular Hbond substituents is 2. The molecule has 0 heterocycles. The molecule has 5 nitrogen and oxygen atoms in total. The van der Waals surface area contributed by atoms with Crippen LogP contribution >= 0.6 is 0 Å². The average Bonchev–Trinajstić information content (AvgIpc) is 2.49. The second-order valence-electron chi connectivity index (χ2n) is 4.94. The van der Waals surface area contributed by atoms with Crippen molar-refractivity contribution in [3.05, 3.63) is 48.5 Å². The van der Waals surface area contributed by atoms with Gasteiger partial charge in [0.1, 0.15) is 11.5 Å². The van der Waals surface area contributed by atoms with Crippen molar-refractivity contribution in [2.45, 2.75) is 24.7 Å². The molecule has 6 heteroatoms. The Labute approximate surface area is 130 Å². The fraction of sp³-hybridized carbons (Fsp3) is 0.250. The van der Waals surface area contributed by atoms with Gasteiger partial charge in [0, 0.05) is 6.54 Å². The quantitative estimate of drug-likeness (QED) is 0.857. The molecular formula is C16H19NO4S. The summed E-state index contributed by atoms with van der Waals surface area (Å²) in [6.07, 6.45) is 1.58. The predicted molar refractivity (Wildman–Crippen MR) is 85.7 cm³/mol. The fourth-order valence-electron chi connectivity index (χ4n) is 2.05. The molecule has 0 radical (unpaired) electrons. The number of unbranched alkanes of at least 4 members (excludes halogenated alkanes) is 1. The van der Waals surface area contributed by atoms with Crippen LogP contribution in [0.5, 0.6) is 11.5 Å². The van der Waals surface area contributed by atoms with E-state index in [0.29, 0.717) is 12.2 Å². The summed E-state index contributed by atoms with van der Waals surface area (Å²) >= 11 is 0. The summed E-state index contributed by atoms with van der Waals surface area (Å²) in [5, 5.41) is 18.7. The van der Waals surface area contributed by atoms with Crippen LogP contribution in [0.2, 0.25) is 0 Å². The summed E-state index contributed by atoms with van der Waals surface area (Å²) in [6.45, 7) is 2.34. The first-order valence-corrected chi connectivity index (χ1v) is 8.50. The Morgan fingerprint density at radius 1 is 0.909 bits per heavy atom. The standard InChI is InChI=1S/C16H19NO4S/c1-2-3-12-17(13-4-6-14(18)7-5-13)22(20,21)16-10-8-15(19)9-11-16/h4-11,18-19H,2-3,12H2,1H3. The summed E-state index contributed by atoms with van der Waals surface area (Å²) < 4.78 is 27.0. The van der Waals surface area contributed by atoms with Crippen LogP contribution < -0.4 is 4.31 Å². The number of hydrogen-bond acceptors (Lipinski definition) is 4. The molecule has 0 aliphatic carbocycles. The van der Waals surface area contributed by atoms with E-state index in [1.807, 2.05) is 6.92 Å². The average molecular weight is 321 g/mol. The second-order valence-corrected chi connectivity index (χ2v) is 6.80. The topological polar surface area (TPSA) is 77.8 Å². The van der Waals surface area contributed by atoms with E-state index in [1.54, 1.807) is 12.1 Å². The highest BCUT2D eigenvalue weighted by Gasteiger charge is 2.24. The molecule has 2 aromatic rings. The van der Waals surface area contributed by atoms with Crippen LogP contribution in [0.4, 0.5) is 5.69 Å². The molecule has 0 spiro atoms. The number of sulfonamides is 1. The minimum absolute atomic E-state index is 0.0173. The molecular weight excluding hydrogens is 302 g/mol. The van der Waals surface area contributed by atoms with Gasteiger partial charge in [-0.1, -0.05) is 13.3 Å². The zero-order chi connectivity index (χ0) is 16.2. The van der Waals surface area contributed by atoms with Gasteiger partial charge in [0.15, 0.2) is 0 Å². The minimum Gasteiger partial charge on any atom is -0.508 e. The van der Waals surface area contributed by atoms with Gasteiger partial charge in [-0.3, -0.25) is 4.31 Å². The number of hydrogen-bond donors (Lipinski definition) is 2. The molecule has 0 saturated carbocycles. The van der Waals surface area contributed by atoms with E-state index in [1.165, 1.54) is 40.7 Å². The maximum atomic E-state index is 12.8. The molecule has 2 aromatic carbocycles. The first kappa shape index (κ1) is 16.2. The first-order valence-electron chi connectivity index (χ1n) is 7.06. The fourth-order valence-corrected chi connectivity index (χ4v) is 3.56. The van der Waals surface area contributed by atoms with E-state index in [4.69, 9.17) is 0 Å². The van der Waals surface area contributed by atoms with Crippen molar-refractivity contribution in [2.24, 2.45) is 0 Å². The second kappa shape index (κ2) is 6.70. The highest BCUT2D eigenvalue weighted by molar-refractivity contribution is 7.92. The molecule has 0 fully saturated rings. The lowest BCUT2D eigenvalue weighted by molar-refractivity contribution is 0.474. The van der Waals surface area contributed by atoms with Crippen LogP contribution in [0, 0.1) is 0 Å². The number of nitrogens with zero attached hydrogens (tertiary/aromatic N) is 1. The predicted octanol–water partition coefficient (Wildman–Crippen LogP) is 3.09. The van der Waals surface area contributed by atoms with E-state index < -0.39 is 10.0 Å². The third kappa shape index (κ3) is 3.51. The van der Waals surface area contributed by atoms with Crippen molar-refractivity contribution in [1.29, 1.82) is 0 Å². The molecule has 0 atom stereocenters. The zero-order valence-electron chi connectivity index (χ0n) is 12.3. The summed E-state index contributed by atoms with van der Waals surface area (Å²) in [5.41, 5.74) is 0.499. The number of aromatic hydroxyl groups is 2. The molecule has 0 amide bonds. The Balaban J connectivity index is 2.43. The molecule has 118 valence electrons. The van der Waals surface area contributed by atoms with Gasteiger partial charge in [-0.25, -0.2) is 8.42 Å². The van der Waals surface area contributed by atoms with Crippen molar-refractivity contribution < 1.29 is 18.6 Å². The number of phenols is 2. The Hall–Kier alpha value is -2.21. The molecule has 0 unspecified atom stereocenters. The summed E-state index contributed by atoms with van der Waals surface area (Å²) in [5.74, 6) is 0.102. The maximum absolute atomic E-state index is 12.8. The largest absolute Gasteiger partial charge is 0.508 e. The highest BCUT2D eigenvalue weighted by atomic mass is 32.2. The van der Waals surface area contributed by atoms with Crippen molar-refractivity contribution in [1.82, 2.24) is 0 Å². The monoisotopic (exact) mass is 321 g/mol. The third-order valence-corrected chi connectivity index (χ3v) is 5.12.